The number of carbonyl (C=O) groups excluding carboxylic acids is 1. The molecular formula is C17H18N2O5. The first-order valence-electron chi connectivity index (χ1n) is 7.28. The zero-order valence-corrected chi connectivity index (χ0v) is 13.4. The molecule has 0 radical (unpaired) electrons. The van der Waals surface area contributed by atoms with Gasteiger partial charge in [-0.15, -0.1) is 0 Å². The van der Waals surface area contributed by atoms with Crippen LogP contribution in [-0.2, 0) is 11.2 Å². The number of benzene rings is 2. The largest absolute Gasteiger partial charge is 0.497 e. The van der Waals surface area contributed by atoms with Gasteiger partial charge in [-0.25, -0.2) is 0 Å². The predicted molar refractivity (Wildman–Crippen MR) is 89.6 cm³/mol. The van der Waals surface area contributed by atoms with Gasteiger partial charge in [0.05, 0.1) is 19.1 Å². The van der Waals surface area contributed by atoms with Crippen molar-refractivity contribution in [3.63, 3.8) is 0 Å². The smallest absolute Gasteiger partial charge is 0.271 e. The van der Waals surface area contributed by atoms with Crippen LogP contribution in [-0.4, -0.2) is 25.1 Å². The molecule has 24 heavy (non-hydrogen) atoms. The van der Waals surface area contributed by atoms with Crippen LogP contribution in [0, 0.1) is 10.1 Å². The van der Waals surface area contributed by atoms with E-state index in [9.17, 15) is 14.9 Å². The maximum atomic E-state index is 12.1. The summed E-state index contributed by atoms with van der Waals surface area (Å²) in [6, 6.07) is 11.2. The van der Waals surface area contributed by atoms with E-state index in [4.69, 9.17) is 9.47 Å². The Balaban J connectivity index is 2.01. The van der Waals surface area contributed by atoms with Crippen LogP contribution >= 0.6 is 0 Å². The van der Waals surface area contributed by atoms with Gasteiger partial charge in [0.1, 0.15) is 11.5 Å². The lowest BCUT2D eigenvalue weighted by atomic mass is 10.1. The molecule has 2 aromatic carbocycles. The van der Waals surface area contributed by atoms with Crippen molar-refractivity contribution >= 4 is 17.3 Å². The Morgan fingerprint density at radius 1 is 1.17 bits per heavy atom. The van der Waals surface area contributed by atoms with Crippen LogP contribution in [0.5, 0.6) is 11.5 Å². The van der Waals surface area contributed by atoms with Gasteiger partial charge in [-0.3, -0.25) is 14.9 Å². The van der Waals surface area contributed by atoms with E-state index in [2.05, 4.69) is 5.32 Å². The van der Waals surface area contributed by atoms with Crippen molar-refractivity contribution in [1.82, 2.24) is 0 Å². The van der Waals surface area contributed by atoms with Crippen LogP contribution in [0.25, 0.3) is 0 Å². The molecule has 0 spiro atoms. The van der Waals surface area contributed by atoms with Crippen molar-refractivity contribution in [2.24, 2.45) is 0 Å². The number of amides is 1. The molecule has 0 saturated heterocycles. The summed E-state index contributed by atoms with van der Waals surface area (Å²) in [6.07, 6.45) is 0.674. The van der Waals surface area contributed by atoms with Crippen molar-refractivity contribution in [2.45, 2.75) is 12.8 Å². The number of methoxy groups -OCH3 is 2. The molecule has 0 aliphatic carbocycles. The van der Waals surface area contributed by atoms with E-state index in [1.165, 1.54) is 18.2 Å². The molecular weight excluding hydrogens is 312 g/mol. The quantitative estimate of drug-likeness (QED) is 0.622. The summed E-state index contributed by atoms with van der Waals surface area (Å²) < 4.78 is 10.4. The van der Waals surface area contributed by atoms with E-state index in [-0.39, 0.29) is 18.0 Å². The third-order valence-electron chi connectivity index (χ3n) is 3.45. The first kappa shape index (κ1) is 17.3. The molecule has 7 heteroatoms. The Morgan fingerprint density at radius 3 is 2.62 bits per heavy atom. The molecule has 0 atom stereocenters. The highest BCUT2D eigenvalue weighted by Gasteiger charge is 2.10. The summed E-state index contributed by atoms with van der Waals surface area (Å²) in [6.45, 7) is 0. The molecule has 0 bridgehead atoms. The predicted octanol–water partition coefficient (Wildman–Crippen LogP) is 3.18. The molecule has 0 unspecified atom stereocenters. The number of anilines is 1. The van der Waals surface area contributed by atoms with Gasteiger partial charge in [0.15, 0.2) is 0 Å². The molecule has 2 rings (SSSR count). The Bertz CT molecular complexity index is 746. The van der Waals surface area contributed by atoms with E-state index in [1.807, 2.05) is 6.07 Å². The first-order chi connectivity index (χ1) is 11.5. The average Bonchev–Trinajstić information content (AvgIpc) is 2.59. The fourth-order valence-corrected chi connectivity index (χ4v) is 2.25. The van der Waals surface area contributed by atoms with Gasteiger partial charge in [0.25, 0.3) is 5.69 Å². The topological polar surface area (TPSA) is 90.7 Å². The molecule has 126 valence electrons. The number of nitrogens with one attached hydrogen (secondary N) is 1. The van der Waals surface area contributed by atoms with Crippen molar-refractivity contribution in [1.29, 1.82) is 0 Å². The van der Waals surface area contributed by atoms with E-state index >= 15 is 0 Å². The zero-order chi connectivity index (χ0) is 17.5. The number of aryl methyl sites for hydroxylation is 1. The lowest BCUT2D eigenvalue weighted by molar-refractivity contribution is -0.384. The average molecular weight is 330 g/mol. The van der Waals surface area contributed by atoms with Gasteiger partial charge in [-0.1, -0.05) is 6.07 Å². The highest BCUT2D eigenvalue weighted by Crippen LogP contribution is 2.25. The standard InChI is InChI=1S/C17H18N2O5/c1-23-15-7-8-16(24-2)12(10-15)6-9-17(20)18-13-4-3-5-14(11-13)19(21)22/h3-5,7-8,10-11H,6,9H2,1-2H3,(H,18,20). The number of hydrogen-bond donors (Lipinski definition) is 1. The monoisotopic (exact) mass is 330 g/mol. The summed E-state index contributed by atoms with van der Waals surface area (Å²) in [5.74, 6) is 1.13. The Morgan fingerprint density at radius 2 is 1.96 bits per heavy atom. The zero-order valence-electron chi connectivity index (χ0n) is 13.4. The Kier molecular flexibility index (Phi) is 5.73. The van der Waals surface area contributed by atoms with E-state index in [0.717, 1.165) is 5.56 Å². The molecule has 0 heterocycles. The van der Waals surface area contributed by atoms with Crippen LogP contribution in [0.15, 0.2) is 42.5 Å². The van der Waals surface area contributed by atoms with Crippen LogP contribution in [0.3, 0.4) is 0 Å². The van der Waals surface area contributed by atoms with Gasteiger partial charge in [0.2, 0.25) is 5.91 Å². The minimum absolute atomic E-state index is 0.0673. The number of non-ortho nitro benzene ring substituents is 1. The summed E-state index contributed by atoms with van der Waals surface area (Å²) in [5, 5.41) is 13.4. The van der Waals surface area contributed by atoms with Crippen LogP contribution in [0.1, 0.15) is 12.0 Å². The maximum Gasteiger partial charge on any atom is 0.271 e. The summed E-state index contributed by atoms with van der Waals surface area (Å²) in [7, 11) is 3.13. The third kappa shape index (κ3) is 4.45. The van der Waals surface area contributed by atoms with E-state index in [1.54, 1.807) is 32.4 Å². The van der Waals surface area contributed by atoms with E-state index < -0.39 is 4.92 Å². The molecule has 1 N–H and O–H groups in total. The molecule has 0 aliphatic heterocycles. The highest BCUT2D eigenvalue weighted by atomic mass is 16.6. The molecule has 2 aromatic rings. The first-order valence-corrected chi connectivity index (χ1v) is 7.28. The number of carbonyl (C=O) groups is 1. The van der Waals surface area contributed by atoms with Crippen LogP contribution < -0.4 is 14.8 Å². The normalized spacial score (nSPS) is 10.1. The van der Waals surface area contributed by atoms with Crippen molar-refractivity contribution in [3.8, 4) is 11.5 Å². The second-order valence-corrected chi connectivity index (χ2v) is 5.03. The molecule has 0 fully saturated rings. The number of nitro benzene ring substituents is 1. The Labute approximate surface area is 139 Å². The lowest BCUT2D eigenvalue weighted by Gasteiger charge is -2.10. The minimum atomic E-state index is -0.503. The van der Waals surface area contributed by atoms with Crippen molar-refractivity contribution in [3.05, 3.63) is 58.1 Å². The van der Waals surface area contributed by atoms with Gasteiger partial charge in [-0.05, 0) is 36.2 Å². The van der Waals surface area contributed by atoms with Crippen LogP contribution in [0.2, 0.25) is 0 Å². The van der Waals surface area contributed by atoms with Gasteiger partial charge < -0.3 is 14.8 Å². The number of nitro groups is 1. The number of ether oxygens (including phenoxy) is 2. The molecule has 0 aromatic heterocycles. The SMILES string of the molecule is COc1ccc(OC)c(CCC(=O)Nc2cccc([N+](=O)[O-])c2)c1. The molecule has 1 amide bonds. The number of rotatable bonds is 7. The second-order valence-electron chi connectivity index (χ2n) is 5.03. The van der Waals surface area contributed by atoms with Gasteiger partial charge in [-0.2, -0.15) is 0 Å². The maximum absolute atomic E-state index is 12.1. The third-order valence-corrected chi connectivity index (χ3v) is 3.45. The minimum Gasteiger partial charge on any atom is -0.497 e. The lowest BCUT2D eigenvalue weighted by Crippen LogP contribution is -2.12. The highest BCUT2D eigenvalue weighted by molar-refractivity contribution is 5.91. The molecule has 0 aliphatic rings. The van der Waals surface area contributed by atoms with Gasteiger partial charge in [0, 0.05) is 24.2 Å². The summed E-state index contributed by atoms with van der Waals surface area (Å²) in [4.78, 5) is 22.3. The molecule has 7 nitrogen and oxygen atoms in total. The summed E-state index contributed by atoms with van der Waals surface area (Å²) in [5.41, 5.74) is 1.18. The van der Waals surface area contributed by atoms with Crippen molar-refractivity contribution < 1.29 is 19.2 Å². The number of nitrogens with zero attached hydrogens (tertiary/aromatic N) is 1. The summed E-state index contributed by atoms with van der Waals surface area (Å²) >= 11 is 0. The fraction of sp³-hybridized carbons (Fsp3) is 0.235. The molecule has 0 saturated carbocycles. The fourth-order valence-electron chi connectivity index (χ4n) is 2.25. The van der Waals surface area contributed by atoms with Crippen LogP contribution in [0.4, 0.5) is 11.4 Å². The van der Waals surface area contributed by atoms with Crippen molar-refractivity contribution in [2.75, 3.05) is 19.5 Å². The Hall–Kier alpha value is -3.09. The van der Waals surface area contributed by atoms with Gasteiger partial charge >= 0.3 is 0 Å². The number of hydrogen-bond acceptors (Lipinski definition) is 5. The second kappa shape index (κ2) is 7.96. The van der Waals surface area contributed by atoms with E-state index in [0.29, 0.717) is 23.6 Å².